The molecule has 0 aromatic carbocycles. The maximum absolute atomic E-state index is 11.4. The summed E-state index contributed by atoms with van der Waals surface area (Å²) in [7, 11) is 0. The number of nitrogens with zero attached hydrogens (tertiary/aromatic N) is 1. The fourth-order valence-electron chi connectivity index (χ4n) is 1.97. The van der Waals surface area contributed by atoms with Crippen molar-refractivity contribution in [2.45, 2.75) is 19.3 Å². The Morgan fingerprint density at radius 3 is 2.87 bits per heavy atom. The number of thiazole rings is 1. The Labute approximate surface area is 92.1 Å². The largest absolute Gasteiger partial charge is 0.481 e. The molecule has 5 heteroatoms. The Bertz CT molecular complexity index is 348. The molecule has 1 aromatic rings. The molecular weight excluding hydrogens is 212 g/mol. The summed E-state index contributed by atoms with van der Waals surface area (Å²) >= 11 is 1.50. The summed E-state index contributed by atoms with van der Waals surface area (Å²) in [4.78, 5) is 15.5. The van der Waals surface area contributed by atoms with Gasteiger partial charge in [-0.1, -0.05) is 0 Å². The summed E-state index contributed by atoms with van der Waals surface area (Å²) in [6.07, 6.45) is 4.14. The fourth-order valence-corrected chi connectivity index (χ4v) is 2.71. The third-order valence-electron chi connectivity index (χ3n) is 3.10. The number of carboxylic acids is 1. The second-order valence-electron chi connectivity index (χ2n) is 4.04. The molecule has 1 aliphatic rings. The zero-order valence-electron chi connectivity index (χ0n) is 8.35. The second-order valence-corrected chi connectivity index (χ2v) is 5.02. The van der Waals surface area contributed by atoms with E-state index in [9.17, 15) is 9.90 Å². The van der Waals surface area contributed by atoms with Crippen LogP contribution < -0.4 is 5.73 Å². The van der Waals surface area contributed by atoms with Crippen molar-refractivity contribution in [2.24, 2.45) is 17.1 Å². The SMILES string of the molecule is NCC(Cc1nccs1)(C(=O)O)C1CC1. The van der Waals surface area contributed by atoms with Gasteiger partial charge in [0.25, 0.3) is 0 Å². The lowest BCUT2D eigenvalue weighted by molar-refractivity contribution is -0.149. The molecule has 0 saturated heterocycles. The van der Waals surface area contributed by atoms with Crippen molar-refractivity contribution in [3.05, 3.63) is 16.6 Å². The molecule has 1 unspecified atom stereocenters. The van der Waals surface area contributed by atoms with Gasteiger partial charge >= 0.3 is 5.97 Å². The summed E-state index contributed by atoms with van der Waals surface area (Å²) in [6.45, 7) is 0.201. The smallest absolute Gasteiger partial charge is 0.311 e. The van der Waals surface area contributed by atoms with Crippen molar-refractivity contribution in [3.63, 3.8) is 0 Å². The molecule has 0 amide bonds. The van der Waals surface area contributed by atoms with Crippen molar-refractivity contribution in [1.29, 1.82) is 0 Å². The van der Waals surface area contributed by atoms with Gasteiger partial charge in [0, 0.05) is 24.5 Å². The summed E-state index contributed by atoms with van der Waals surface area (Å²) in [5.41, 5.74) is 4.88. The molecule has 0 bridgehead atoms. The third kappa shape index (κ3) is 1.89. The van der Waals surface area contributed by atoms with Crippen molar-refractivity contribution in [1.82, 2.24) is 4.98 Å². The topological polar surface area (TPSA) is 76.2 Å². The number of rotatable bonds is 5. The number of nitrogens with two attached hydrogens (primary N) is 1. The Kier molecular flexibility index (Phi) is 2.75. The van der Waals surface area contributed by atoms with Gasteiger partial charge in [0.15, 0.2) is 0 Å². The van der Waals surface area contributed by atoms with E-state index in [2.05, 4.69) is 4.98 Å². The van der Waals surface area contributed by atoms with E-state index in [4.69, 9.17) is 5.73 Å². The van der Waals surface area contributed by atoms with Crippen molar-refractivity contribution in [3.8, 4) is 0 Å². The number of hydrogen-bond acceptors (Lipinski definition) is 4. The Balaban J connectivity index is 2.21. The van der Waals surface area contributed by atoms with Gasteiger partial charge in [-0.25, -0.2) is 4.98 Å². The minimum absolute atomic E-state index is 0.201. The lowest BCUT2D eigenvalue weighted by Crippen LogP contribution is -2.42. The van der Waals surface area contributed by atoms with Gasteiger partial charge in [0.2, 0.25) is 0 Å². The molecule has 4 nitrogen and oxygen atoms in total. The van der Waals surface area contributed by atoms with Gasteiger partial charge < -0.3 is 10.8 Å². The highest BCUT2D eigenvalue weighted by Crippen LogP contribution is 2.47. The monoisotopic (exact) mass is 226 g/mol. The van der Waals surface area contributed by atoms with E-state index in [0.29, 0.717) is 6.42 Å². The Hall–Kier alpha value is -0.940. The molecule has 1 saturated carbocycles. The van der Waals surface area contributed by atoms with E-state index in [-0.39, 0.29) is 12.5 Å². The summed E-state index contributed by atoms with van der Waals surface area (Å²) < 4.78 is 0. The van der Waals surface area contributed by atoms with E-state index >= 15 is 0 Å². The normalized spacial score (nSPS) is 19.8. The number of aliphatic carboxylic acids is 1. The van der Waals surface area contributed by atoms with Gasteiger partial charge in [0.05, 0.1) is 10.4 Å². The highest BCUT2D eigenvalue weighted by molar-refractivity contribution is 7.09. The number of carboxylic acid groups (broad SMARTS) is 1. The van der Waals surface area contributed by atoms with Gasteiger partial charge in [-0.15, -0.1) is 11.3 Å². The van der Waals surface area contributed by atoms with E-state index in [1.807, 2.05) is 5.38 Å². The molecule has 82 valence electrons. The van der Waals surface area contributed by atoms with E-state index < -0.39 is 11.4 Å². The predicted molar refractivity (Wildman–Crippen MR) is 57.7 cm³/mol. The number of hydrogen-bond donors (Lipinski definition) is 2. The Morgan fingerprint density at radius 2 is 2.47 bits per heavy atom. The summed E-state index contributed by atoms with van der Waals surface area (Å²) in [6, 6.07) is 0. The van der Waals surface area contributed by atoms with Crippen LogP contribution in [0.3, 0.4) is 0 Å². The first-order valence-corrected chi connectivity index (χ1v) is 5.89. The van der Waals surface area contributed by atoms with Crippen LogP contribution in [0.2, 0.25) is 0 Å². The average molecular weight is 226 g/mol. The van der Waals surface area contributed by atoms with Crippen molar-refractivity contribution >= 4 is 17.3 Å². The predicted octanol–water partition coefficient (Wildman–Crippen LogP) is 1.13. The van der Waals surface area contributed by atoms with Gasteiger partial charge in [0.1, 0.15) is 0 Å². The molecule has 1 fully saturated rings. The van der Waals surface area contributed by atoms with Crippen LogP contribution in [0.5, 0.6) is 0 Å². The quantitative estimate of drug-likeness (QED) is 0.789. The van der Waals surface area contributed by atoms with Gasteiger partial charge in [-0.3, -0.25) is 4.79 Å². The lowest BCUT2D eigenvalue weighted by atomic mass is 9.79. The standard InChI is InChI=1S/C10H14N2O2S/c11-6-10(9(13)14,7-1-2-7)5-8-12-3-4-15-8/h3-4,7H,1-2,5-6,11H2,(H,13,14). The van der Waals surface area contributed by atoms with E-state index in [0.717, 1.165) is 17.8 Å². The first-order chi connectivity index (χ1) is 7.19. The molecule has 1 aliphatic carbocycles. The summed E-state index contributed by atoms with van der Waals surface area (Å²) in [5.74, 6) is -0.536. The summed E-state index contributed by atoms with van der Waals surface area (Å²) in [5, 5.41) is 12.1. The fraction of sp³-hybridized carbons (Fsp3) is 0.600. The third-order valence-corrected chi connectivity index (χ3v) is 3.88. The molecule has 2 rings (SSSR count). The van der Waals surface area contributed by atoms with Crippen LogP contribution in [-0.4, -0.2) is 22.6 Å². The first-order valence-electron chi connectivity index (χ1n) is 5.01. The maximum Gasteiger partial charge on any atom is 0.311 e. The highest BCUT2D eigenvalue weighted by Gasteiger charge is 2.50. The van der Waals surface area contributed by atoms with Crippen LogP contribution in [-0.2, 0) is 11.2 Å². The molecule has 1 heterocycles. The van der Waals surface area contributed by atoms with Crippen molar-refractivity contribution in [2.75, 3.05) is 6.54 Å². The van der Waals surface area contributed by atoms with Crippen LogP contribution in [0.25, 0.3) is 0 Å². The maximum atomic E-state index is 11.4. The first kappa shape index (κ1) is 10.6. The zero-order valence-corrected chi connectivity index (χ0v) is 9.17. The average Bonchev–Trinajstić information content (AvgIpc) is 2.94. The van der Waals surface area contributed by atoms with Crippen LogP contribution in [0, 0.1) is 11.3 Å². The second kappa shape index (κ2) is 3.90. The molecule has 1 aromatic heterocycles. The lowest BCUT2D eigenvalue weighted by Gasteiger charge is -2.26. The number of carbonyl (C=O) groups is 1. The van der Waals surface area contributed by atoms with Crippen LogP contribution in [0.15, 0.2) is 11.6 Å². The van der Waals surface area contributed by atoms with Crippen LogP contribution in [0.1, 0.15) is 17.8 Å². The molecular formula is C10H14N2O2S. The number of aromatic nitrogens is 1. The zero-order chi connectivity index (χ0) is 10.9. The molecule has 0 radical (unpaired) electrons. The molecule has 0 aliphatic heterocycles. The van der Waals surface area contributed by atoms with Gasteiger partial charge in [-0.2, -0.15) is 0 Å². The van der Waals surface area contributed by atoms with E-state index in [1.165, 1.54) is 11.3 Å². The van der Waals surface area contributed by atoms with E-state index in [1.54, 1.807) is 6.20 Å². The molecule has 0 spiro atoms. The molecule has 1 atom stereocenters. The minimum atomic E-state index is -0.780. The van der Waals surface area contributed by atoms with Crippen LogP contribution in [0.4, 0.5) is 0 Å². The Morgan fingerprint density at radius 1 is 1.73 bits per heavy atom. The van der Waals surface area contributed by atoms with Crippen molar-refractivity contribution < 1.29 is 9.90 Å². The highest BCUT2D eigenvalue weighted by atomic mass is 32.1. The molecule has 15 heavy (non-hydrogen) atoms. The van der Waals surface area contributed by atoms with Crippen LogP contribution >= 0.6 is 11.3 Å². The minimum Gasteiger partial charge on any atom is -0.481 e. The molecule has 3 N–H and O–H groups in total. The van der Waals surface area contributed by atoms with Gasteiger partial charge in [-0.05, 0) is 18.8 Å².